The van der Waals surface area contributed by atoms with E-state index in [9.17, 15) is 9.59 Å². The molecule has 0 radical (unpaired) electrons. The number of nitrogens with one attached hydrogen (secondary N) is 2. The van der Waals surface area contributed by atoms with Crippen LogP contribution in [-0.4, -0.2) is 32.3 Å². The first kappa shape index (κ1) is 21.6. The van der Waals surface area contributed by atoms with E-state index in [4.69, 9.17) is 0 Å². The third kappa shape index (κ3) is 5.48. The smallest absolute Gasteiger partial charge is 0.251 e. The van der Waals surface area contributed by atoms with Crippen LogP contribution in [0.4, 0.5) is 5.69 Å². The molecule has 0 spiro atoms. The Morgan fingerprint density at radius 3 is 2.57 bits per heavy atom. The third-order valence-electron chi connectivity index (χ3n) is 4.47. The molecule has 30 heavy (non-hydrogen) atoms. The van der Waals surface area contributed by atoms with E-state index in [1.54, 1.807) is 6.07 Å². The number of thioether (sulfide) groups is 1. The van der Waals surface area contributed by atoms with Crippen LogP contribution in [0.2, 0.25) is 0 Å². The summed E-state index contributed by atoms with van der Waals surface area (Å²) >= 11 is 1.32. The zero-order valence-corrected chi connectivity index (χ0v) is 18.1. The highest BCUT2D eigenvalue weighted by atomic mass is 32.2. The normalized spacial score (nSPS) is 11.7. The summed E-state index contributed by atoms with van der Waals surface area (Å²) in [5, 5.41) is 15.0. The minimum Gasteiger partial charge on any atom is -0.342 e. The molecule has 2 amide bonds. The molecule has 0 bridgehead atoms. The van der Waals surface area contributed by atoms with Crippen molar-refractivity contribution < 1.29 is 9.59 Å². The Kier molecular flexibility index (Phi) is 7.24. The van der Waals surface area contributed by atoms with Crippen LogP contribution in [0.15, 0.2) is 59.8 Å². The van der Waals surface area contributed by atoms with Gasteiger partial charge in [-0.05, 0) is 45.0 Å². The first-order chi connectivity index (χ1) is 14.5. The molecule has 8 heteroatoms. The average Bonchev–Trinajstić information content (AvgIpc) is 3.16. The first-order valence-electron chi connectivity index (χ1n) is 9.76. The van der Waals surface area contributed by atoms with E-state index in [0.29, 0.717) is 23.1 Å². The van der Waals surface area contributed by atoms with Crippen LogP contribution in [0.1, 0.15) is 41.6 Å². The zero-order chi connectivity index (χ0) is 21.5. The number of aryl methyl sites for hydroxylation is 1. The molecule has 7 nitrogen and oxygen atoms in total. The molecular weight excluding hydrogens is 398 g/mol. The molecule has 156 valence electrons. The van der Waals surface area contributed by atoms with Crippen LogP contribution >= 0.6 is 11.8 Å². The van der Waals surface area contributed by atoms with E-state index < -0.39 is 0 Å². The van der Waals surface area contributed by atoms with Crippen molar-refractivity contribution in [2.75, 3.05) is 11.1 Å². The Bertz CT molecular complexity index is 1020. The predicted octanol–water partition coefficient (Wildman–Crippen LogP) is 3.83. The molecular formula is C22H25N5O2S. The van der Waals surface area contributed by atoms with Crippen molar-refractivity contribution >= 4 is 29.3 Å². The highest BCUT2D eigenvalue weighted by molar-refractivity contribution is 7.99. The molecule has 0 saturated carbocycles. The van der Waals surface area contributed by atoms with Crippen molar-refractivity contribution in [3.05, 3.63) is 71.5 Å². The van der Waals surface area contributed by atoms with Gasteiger partial charge in [-0.2, -0.15) is 0 Å². The summed E-state index contributed by atoms with van der Waals surface area (Å²) in [6.45, 7) is 6.44. The minimum atomic E-state index is -0.321. The topological polar surface area (TPSA) is 88.9 Å². The number of hydrogen-bond acceptors (Lipinski definition) is 5. The van der Waals surface area contributed by atoms with Crippen LogP contribution < -0.4 is 10.6 Å². The van der Waals surface area contributed by atoms with Gasteiger partial charge in [-0.25, -0.2) is 0 Å². The van der Waals surface area contributed by atoms with E-state index >= 15 is 0 Å². The number of aromatic nitrogens is 3. The quantitative estimate of drug-likeness (QED) is 0.538. The summed E-state index contributed by atoms with van der Waals surface area (Å²) in [6.07, 6.45) is 0. The van der Waals surface area contributed by atoms with Gasteiger partial charge in [0.2, 0.25) is 5.91 Å². The summed E-state index contributed by atoms with van der Waals surface area (Å²) in [6, 6.07) is 16.4. The summed E-state index contributed by atoms with van der Waals surface area (Å²) in [4.78, 5) is 24.8. The minimum absolute atomic E-state index is 0.112. The SMILES string of the molecule is CCn1c(SCC(=O)Nc2ccccc2)nnc1[C@@H](C)NC(=O)c1cccc(C)c1. The Morgan fingerprint density at radius 1 is 1.10 bits per heavy atom. The lowest BCUT2D eigenvalue weighted by Crippen LogP contribution is -2.28. The van der Waals surface area contributed by atoms with Crippen molar-refractivity contribution in [2.24, 2.45) is 0 Å². The maximum Gasteiger partial charge on any atom is 0.251 e. The number of anilines is 1. The van der Waals surface area contributed by atoms with Crippen LogP contribution in [0.3, 0.4) is 0 Å². The van der Waals surface area contributed by atoms with E-state index in [-0.39, 0.29) is 23.6 Å². The fourth-order valence-corrected chi connectivity index (χ4v) is 3.81. The number of para-hydroxylation sites is 1. The van der Waals surface area contributed by atoms with Gasteiger partial charge in [0.05, 0.1) is 11.8 Å². The maximum atomic E-state index is 12.5. The molecule has 0 saturated heterocycles. The van der Waals surface area contributed by atoms with Crippen molar-refractivity contribution in [1.29, 1.82) is 0 Å². The zero-order valence-electron chi connectivity index (χ0n) is 17.3. The van der Waals surface area contributed by atoms with Gasteiger partial charge in [0, 0.05) is 17.8 Å². The van der Waals surface area contributed by atoms with Crippen molar-refractivity contribution in [2.45, 2.75) is 38.5 Å². The molecule has 1 aromatic heterocycles. The fourth-order valence-electron chi connectivity index (χ4n) is 3.00. The van der Waals surface area contributed by atoms with Crippen molar-refractivity contribution in [3.8, 4) is 0 Å². The van der Waals surface area contributed by atoms with Crippen LogP contribution in [-0.2, 0) is 11.3 Å². The molecule has 0 aliphatic rings. The Balaban J connectivity index is 1.63. The Hall–Kier alpha value is -3.13. The van der Waals surface area contributed by atoms with E-state index in [2.05, 4.69) is 20.8 Å². The van der Waals surface area contributed by atoms with Crippen molar-refractivity contribution in [3.63, 3.8) is 0 Å². The monoisotopic (exact) mass is 423 g/mol. The fraction of sp³-hybridized carbons (Fsp3) is 0.273. The number of hydrogen-bond donors (Lipinski definition) is 2. The molecule has 1 atom stereocenters. The molecule has 0 aliphatic carbocycles. The van der Waals surface area contributed by atoms with Gasteiger partial charge in [-0.1, -0.05) is 47.7 Å². The van der Waals surface area contributed by atoms with Gasteiger partial charge in [0.15, 0.2) is 11.0 Å². The van der Waals surface area contributed by atoms with Gasteiger partial charge < -0.3 is 15.2 Å². The highest BCUT2D eigenvalue weighted by Gasteiger charge is 2.20. The molecule has 3 rings (SSSR count). The lowest BCUT2D eigenvalue weighted by atomic mass is 10.1. The van der Waals surface area contributed by atoms with E-state index in [1.807, 2.05) is 73.9 Å². The summed E-state index contributed by atoms with van der Waals surface area (Å²) in [5.41, 5.74) is 2.39. The summed E-state index contributed by atoms with van der Waals surface area (Å²) in [7, 11) is 0. The van der Waals surface area contributed by atoms with Crippen LogP contribution in [0, 0.1) is 6.92 Å². The van der Waals surface area contributed by atoms with Crippen LogP contribution in [0.5, 0.6) is 0 Å². The standard InChI is InChI=1S/C22H25N5O2S/c1-4-27-20(16(3)23-21(29)17-10-8-9-15(2)13-17)25-26-22(27)30-14-19(28)24-18-11-6-5-7-12-18/h5-13,16H,4,14H2,1-3H3,(H,23,29)(H,24,28)/t16-/m1/s1. The second-order valence-electron chi connectivity index (χ2n) is 6.85. The lowest BCUT2D eigenvalue weighted by molar-refractivity contribution is -0.113. The van der Waals surface area contributed by atoms with E-state index in [1.165, 1.54) is 11.8 Å². The number of carbonyl (C=O) groups is 2. The second-order valence-corrected chi connectivity index (χ2v) is 7.80. The lowest BCUT2D eigenvalue weighted by Gasteiger charge is -2.15. The number of benzene rings is 2. The summed E-state index contributed by atoms with van der Waals surface area (Å²) < 4.78 is 1.92. The molecule has 2 aromatic carbocycles. The Morgan fingerprint density at radius 2 is 1.87 bits per heavy atom. The van der Waals surface area contributed by atoms with Gasteiger partial charge in [-0.15, -0.1) is 10.2 Å². The first-order valence-corrected chi connectivity index (χ1v) is 10.7. The average molecular weight is 424 g/mol. The van der Waals surface area contributed by atoms with Gasteiger partial charge in [0.25, 0.3) is 5.91 Å². The largest absolute Gasteiger partial charge is 0.342 e. The highest BCUT2D eigenvalue weighted by Crippen LogP contribution is 2.21. The van der Waals surface area contributed by atoms with Gasteiger partial charge in [-0.3, -0.25) is 9.59 Å². The molecule has 0 aliphatic heterocycles. The number of rotatable bonds is 8. The molecule has 0 unspecified atom stereocenters. The van der Waals surface area contributed by atoms with Crippen molar-refractivity contribution in [1.82, 2.24) is 20.1 Å². The second kappa shape index (κ2) is 10.1. The van der Waals surface area contributed by atoms with Gasteiger partial charge in [0.1, 0.15) is 0 Å². The number of carbonyl (C=O) groups excluding carboxylic acids is 2. The summed E-state index contributed by atoms with van der Waals surface area (Å²) in [5.74, 6) is 0.605. The molecule has 2 N–H and O–H groups in total. The number of amides is 2. The predicted molar refractivity (Wildman–Crippen MR) is 119 cm³/mol. The number of nitrogens with zero attached hydrogens (tertiary/aromatic N) is 3. The maximum absolute atomic E-state index is 12.5. The molecule has 3 aromatic rings. The molecule has 1 heterocycles. The van der Waals surface area contributed by atoms with Crippen LogP contribution in [0.25, 0.3) is 0 Å². The Labute approximate surface area is 180 Å². The van der Waals surface area contributed by atoms with E-state index in [0.717, 1.165) is 11.3 Å². The van der Waals surface area contributed by atoms with Gasteiger partial charge >= 0.3 is 0 Å². The third-order valence-corrected chi connectivity index (χ3v) is 5.43. The molecule has 0 fully saturated rings.